The van der Waals surface area contributed by atoms with Gasteiger partial charge in [0.2, 0.25) is 5.78 Å². The number of fused-ring (bicyclic) bond motifs is 1. The molecule has 0 spiro atoms. The largest absolute Gasteiger partial charge is 0.461 e. The summed E-state index contributed by atoms with van der Waals surface area (Å²) >= 11 is 0. The van der Waals surface area contributed by atoms with Gasteiger partial charge in [-0.1, -0.05) is 18.2 Å². The Morgan fingerprint density at radius 1 is 1.12 bits per heavy atom. The second-order valence-electron chi connectivity index (χ2n) is 5.30. The van der Waals surface area contributed by atoms with Crippen molar-refractivity contribution in [3.8, 4) is 11.3 Å². The number of hydrogen-bond acceptors (Lipinski definition) is 4. The van der Waals surface area contributed by atoms with Gasteiger partial charge < -0.3 is 4.42 Å². The van der Waals surface area contributed by atoms with Crippen LogP contribution in [0.5, 0.6) is 0 Å². The first-order valence-electron chi connectivity index (χ1n) is 7.38. The predicted octanol–water partition coefficient (Wildman–Crippen LogP) is 3.55. The molecule has 5 nitrogen and oxygen atoms in total. The van der Waals surface area contributed by atoms with Gasteiger partial charge >= 0.3 is 0 Å². The number of benzene rings is 1. The van der Waals surface area contributed by atoms with Crippen molar-refractivity contribution >= 4 is 11.4 Å². The number of carbonyl (C=O) groups excluding carboxylic acids is 1. The number of aromatic nitrogens is 3. The number of Topliss-reactive ketones (excluding diaryl/α,β-unsaturated/α-hetero) is 1. The summed E-state index contributed by atoms with van der Waals surface area (Å²) in [6, 6.07) is 15.0. The maximum absolute atomic E-state index is 13.5. The Labute approximate surface area is 136 Å². The lowest BCUT2D eigenvalue weighted by molar-refractivity contribution is 0.0964. The number of rotatable bonds is 4. The molecule has 3 heterocycles. The Kier molecular flexibility index (Phi) is 3.42. The summed E-state index contributed by atoms with van der Waals surface area (Å²) in [5.41, 5.74) is 1.99. The predicted molar refractivity (Wildman–Crippen MR) is 85.1 cm³/mol. The molecule has 3 aromatic heterocycles. The van der Waals surface area contributed by atoms with Crippen LogP contribution in [0.25, 0.3) is 16.9 Å². The van der Waals surface area contributed by atoms with Crippen molar-refractivity contribution < 1.29 is 13.6 Å². The fourth-order valence-electron chi connectivity index (χ4n) is 2.56. The zero-order valence-corrected chi connectivity index (χ0v) is 12.5. The average Bonchev–Trinajstić information content (AvgIpc) is 3.23. The number of nitrogens with zero attached hydrogens (tertiary/aromatic N) is 3. The highest BCUT2D eigenvalue weighted by Crippen LogP contribution is 2.21. The number of halogens is 1. The van der Waals surface area contributed by atoms with Crippen LogP contribution in [-0.2, 0) is 6.42 Å². The Hall–Kier alpha value is -3.28. The van der Waals surface area contributed by atoms with Gasteiger partial charge in [-0.2, -0.15) is 5.10 Å². The van der Waals surface area contributed by atoms with E-state index in [1.807, 2.05) is 12.1 Å². The molecule has 0 aliphatic rings. The van der Waals surface area contributed by atoms with Crippen LogP contribution in [0.15, 0.2) is 65.3 Å². The summed E-state index contributed by atoms with van der Waals surface area (Å²) in [7, 11) is 0. The molecular formula is C18H12FN3O2. The van der Waals surface area contributed by atoms with Gasteiger partial charge in [0.15, 0.2) is 17.2 Å². The fraction of sp³-hybridized carbons (Fsp3) is 0.0556. The topological polar surface area (TPSA) is 60.4 Å². The standard InChI is InChI=1S/C18H12FN3O2/c19-13-5-1-4-12(10-13)14-6-2-8-18-20-17(21-22(14)18)11-15(23)16-7-3-9-24-16/h1-10H,11H2. The van der Waals surface area contributed by atoms with Gasteiger partial charge in [0.25, 0.3) is 0 Å². The van der Waals surface area contributed by atoms with Gasteiger partial charge in [-0.25, -0.2) is 13.9 Å². The van der Waals surface area contributed by atoms with E-state index in [1.165, 1.54) is 18.4 Å². The van der Waals surface area contributed by atoms with E-state index in [-0.39, 0.29) is 23.8 Å². The van der Waals surface area contributed by atoms with Gasteiger partial charge in [-0.3, -0.25) is 4.79 Å². The maximum Gasteiger partial charge on any atom is 0.205 e. The van der Waals surface area contributed by atoms with E-state index in [1.54, 1.807) is 34.8 Å². The third-order valence-corrected chi connectivity index (χ3v) is 3.64. The highest BCUT2D eigenvalue weighted by molar-refractivity contribution is 5.94. The van der Waals surface area contributed by atoms with Crippen molar-refractivity contribution in [2.24, 2.45) is 0 Å². The lowest BCUT2D eigenvalue weighted by Gasteiger charge is -2.03. The molecule has 0 radical (unpaired) electrons. The summed E-state index contributed by atoms with van der Waals surface area (Å²) in [6.45, 7) is 0. The minimum Gasteiger partial charge on any atom is -0.461 e. The normalized spacial score (nSPS) is 11.0. The maximum atomic E-state index is 13.5. The van der Waals surface area contributed by atoms with E-state index >= 15 is 0 Å². The summed E-state index contributed by atoms with van der Waals surface area (Å²) in [6.07, 6.45) is 1.49. The lowest BCUT2D eigenvalue weighted by Crippen LogP contribution is -2.04. The van der Waals surface area contributed by atoms with E-state index < -0.39 is 0 Å². The molecule has 0 unspecified atom stereocenters. The van der Waals surface area contributed by atoms with Crippen LogP contribution in [0, 0.1) is 5.82 Å². The fourth-order valence-corrected chi connectivity index (χ4v) is 2.56. The summed E-state index contributed by atoms with van der Waals surface area (Å²) in [4.78, 5) is 16.5. The second kappa shape index (κ2) is 5.73. The molecule has 6 heteroatoms. The smallest absolute Gasteiger partial charge is 0.205 e. The summed E-state index contributed by atoms with van der Waals surface area (Å²) < 4.78 is 20.2. The number of carbonyl (C=O) groups is 1. The van der Waals surface area contributed by atoms with Crippen molar-refractivity contribution in [2.75, 3.05) is 0 Å². The summed E-state index contributed by atoms with van der Waals surface area (Å²) in [5.74, 6) is 0.153. The molecule has 118 valence electrons. The molecule has 4 aromatic rings. The molecule has 0 aliphatic carbocycles. The van der Waals surface area contributed by atoms with Crippen LogP contribution >= 0.6 is 0 Å². The molecular weight excluding hydrogens is 309 g/mol. The first-order chi connectivity index (χ1) is 11.7. The van der Waals surface area contributed by atoms with Crippen LogP contribution in [-0.4, -0.2) is 20.4 Å². The zero-order chi connectivity index (χ0) is 16.5. The quantitative estimate of drug-likeness (QED) is 0.539. The molecule has 24 heavy (non-hydrogen) atoms. The van der Waals surface area contributed by atoms with Gasteiger partial charge in [-0.15, -0.1) is 0 Å². The zero-order valence-electron chi connectivity index (χ0n) is 12.5. The third kappa shape index (κ3) is 2.58. The molecule has 0 atom stereocenters. The van der Waals surface area contributed by atoms with Crippen molar-refractivity contribution in [1.82, 2.24) is 14.6 Å². The summed E-state index contributed by atoms with van der Waals surface area (Å²) in [5, 5.41) is 4.39. The minimum absolute atomic E-state index is 0.0395. The molecule has 0 saturated heterocycles. The Morgan fingerprint density at radius 3 is 2.79 bits per heavy atom. The van der Waals surface area contributed by atoms with Crippen LogP contribution < -0.4 is 0 Å². The van der Waals surface area contributed by atoms with Crippen LogP contribution in [0.3, 0.4) is 0 Å². The highest BCUT2D eigenvalue weighted by atomic mass is 19.1. The van der Waals surface area contributed by atoms with Crippen LogP contribution in [0.2, 0.25) is 0 Å². The number of hydrogen-bond donors (Lipinski definition) is 0. The van der Waals surface area contributed by atoms with Gasteiger partial charge in [0.1, 0.15) is 5.82 Å². The third-order valence-electron chi connectivity index (χ3n) is 3.64. The van der Waals surface area contributed by atoms with Gasteiger partial charge in [0.05, 0.1) is 18.4 Å². The number of furan rings is 1. The molecule has 0 fully saturated rings. The van der Waals surface area contributed by atoms with Crippen LogP contribution in [0.4, 0.5) is 4.39 Å². The van der Waals surface area contributed by atoms with Crippen molar-refractivity contribution in [1.29, 1.82) is 0 Å². The van der Waals surface area contributed by atoms with Gasteiger partial charge in [-0.05, 0) is 36.4 Å². The Bertz CT molecular complexity index is 1020. The Balaban J connectivity index is 1.73. The van der Waals surface area contributed by atoms with Crippen molar-refractivity contribution in [3.05, 3.63) is 78.3 Å². The Morgan fingerprint density at radius 2 is 2.00 bits per heavy atom. The van der Waals surface area contributed by atoms with E-state index in [2.05, 4.69) is 10.1 Å². The first kappa shape index (κ1) is 14.3. The van der Waals surface area contributed by atoms with Crippen LogP contribution in [0.1, 0.15) is 16.4 Å². The van der Waals surface area contributed by atoms with E-state index in [0.717, 1.165) is 0 Å². The molecule has 4 rings (SSSR count). The molecule has 1 aromatic carbocycles. The molecule has 0 saturated carbocycles. The van der Waals surface area contributed by atoms with E-state index in [4.69, 9.17) is 4.42 Å². The molecule has 0 bridgehead atoms. The lowest BCUT2D eigenvalue weighted by atomic mass is 10.1. The molecule has 0 aliphatic heterocycles. The number of ketones is 1. The van der Waals surface area contributed by atoms with E-state index in [9.17, 15) is 9.18 Å². The minimum atomic E-state index is -0.321. The number of pyridine rings is 1. The average molecular weight is 321 g/mol. The first-order valence-corrected chi connectivity index (χ1v) is 7.38. The highest BCUT2D eigenvalue weighted by Gasteiger charge is 2.15. The SMILES string of the molecule is O=C(Cc1nc2cccc(-c3cccc(F)c3)n2n1)c1ccco1. The second-order valence-corrected chi connectivity index (χ2v) is 5.30. The van der Waals surface area contributed by atoms with E-state index in [0.29, 0.717) is 22.7 Å². The van der Waals surface area contributed by atoms with Crippen molar-refractivity contribution in [3.63, 3.8) is 0 Å². The molecule has 0 amide bonds. The monoisotopic (exact) mass is 321 g/mol. The molecule has 0 N–H and O–H groups in total. The van der Waals surface area contributed by atoms with Crippen molar-refractivity contribution in [2.45, 2.75) is 6.42 Å². The van der Waals surface area contributed by atoms with Gasteiger partial charge in [0, 0.05) is 5.56 Å².